The maximum absolute atomic E-state index is 13.7. The van der Waals surface area contributed by atoms with Gasteiger partial charge in [0.15, 0.2) is 0 Å². The van der Waals surface area contributed by atoms with Crippen molar-refractivity contribution in [1.29, 1.82) is 0 Å². The van der Waals surface area contributed by atoms with E-state index < -0.39 is 18.3 Å². The van der Waals surface area contributed by atoms with Crippen molar-refractivity contribution >= 4 is 25.0 Å². The van der Waals surface area contributed by atoms with E-state index in [9.17, 15) is 4.39 Å². The number of hydrogen-bond acceptors (Lipinski definition) is 3. The second-order valence-corrected chi connectivity index (χ2v) is 6.89. The summed E-state index contributed by atoms with van der Waals surface area (Å²) in [4.78, 5) is 2.25. The van der Waals surface area contributed by atoms with E-state index in [1.165, 1.54) is 6.07 Å². The molecule has 1 fully saturated rings. The molecule has 0 amide bonds. The molecule has 130 valence electrons. The third kappa shape index (κ3) is 4.27. The number of halogens is 2. The number of benzene rings is 1. The monoisotopic (exact) mass is 343 g/mol. The van der Waals surface area contributed by atoms with Gasteiger partial charge in [0.25, 0.3) is 0 Å². The van der Waals surface area contributed by atoms with Gasteiger partial charge in [-0.05, 0) is 63.9 Å². The van der Waals surface area contributed by atoms with Gasteiger partial charge < -0.3 is 9.31 Å². The Bertz CT molecular complexity index is 519. The smallest absolute Gasteiger partial charge is 0.399 e. The Balaban J connectivity index is 0.00000264. The minimum atomic E-state index is -0.448. The lowest BCUT2D eigenvalue weighted by Crippen LogP contribution is -2.41. The number of rotatable bonds is 5. The van der Waals surface area contributed by atoms with Crippen LogP contribution in [0, 0.1) is 5.82 Å². The molecule has 0 aromatic heterocycles. The average molecular weight is 344 g/mol. The predicted octanol–water partition coefficient (Wildman–Crippen LogP) is 3.39. The first kappa shape index (κ1) is 20.4. The van der Waals surface area contributed by atoms with Crippen molar-refractivity contribution in [2.24, 2.45) is 0 Å². The van der Waals surface area contributed by atoms with Crippen LogP contribution in [0.2, 0.25) is 0 Å². The molecular weight excluding hydrogens is 315 g/mol. The molecule has 2 rings (SSSR count). The fraction of sp³-hybridized carbons (Fsp3) is 0.647. The number of nitrogens with zero attached hydrogens (tertiary/aromatic N) is 1. The zero-order valence-corrected chi connectivity index (χ0v) is 15.8. The third-order valence-electron chi connectivity index (χ3n) is 4.90. The van der Waals surface area contributed by atoms with Gasteiger partial charge in [-0.1, -0.05) is 19.9 Å². The minimum Gasteiger partial charge on any atom is -0.399 e. The van der Waals surface area contributed by atoms with Gasteiger partial charge in [0.2, 0.25) is 0 Å². The summed E-state index contributed by atoms with van der Waals surface area (Å²) in [5.41, 5.74) is 1.07. The van der Waals surface area contributed by atoms with Gasteiger partial charge in [-0.3, -0.25) is 4.90 Å². The fourth-order valence-electron chi connectivity index (χ4n) is 2.60. The summed E-state index contributed by atoms with van der Waals surface area (Å²) in [7, 11) is -0.448. The molecule has 0 saturated carbocycles. The van der Waals surface area contributed by atoms with E-state index in [0.29, 0.717) is 6.54 Å². The molecule has 0 atom stereocenters. The van der Waals surface area contributed by atoms with Crippen molar-refractivity contribution in [3.8, 4) is 0 Å². The highest BCUT2D eigenvalue weighted by Crippen LogP contribution is 2.36. The van der Waals surface area contributed by atoms with Crippen molar-refractivity contribution in [2.45, 2.75) is 59.3 Å². The minimum absolute atomic E-state index is 0. The van der Waals surface area contributed by atoms with Gasteiger partial charge in [0.1, 0.15) is 5.82 Å². The van der Waals surface area contributed by atoms with Crippen LogP contribution in [0.25, 0.3) is 0 Å². The molecule has 1 aliphatic heterocycles. The van der Waals surface area contributed by atoms with Crippen molar-refractivity contribution in [1.82, 2.24) is 4.90 Å². The lowest BCUT2D eigenvalue weighted by atomic mass is 9.75. The van der Waals surface area contributed by atoms with Crippen LogP contribution < -0.4 is 5.46 Å². The highest BCUT2D eigenvalue weighted by atomic mass is 35.5. The zero-order valence-electron chi connectivity index (χ0n) is 15.0. The van der Waals surface area contributed by atoms with Crippen LogP contribution >= 0.6 is 12.4 Å². The topological polar surface area (TPSA) is 21.7 Å². The van der Waals surface area contributed by atoms with E-state index in [1.807, 2.05) is 27.7 Å². The molecule has 1 saturated heterocycles. The molecule has 3 nitrogen and oxygen atoms in total. The normalized spacial score (nSPS) is 19.0. The highest BCUT2D eigenvalue weighted by Gasteiger charge is 2.52. The summed E-state index contributed by atoms with van der Waals surface area (Å²) < 4.78 is 25.9. The predicted molar refractivity (Wildman–Crippen MR) is 96.0 cm³/mol. The van der Waals surface area contributed by atoms with E-state index in [1.54, 1.807) is 12.1 Å². The Morgan fingerprint density at radius 2 is 1.57 bits per heavy atom. The molecule has 0 radical (unpaired) electrons. The Labute approximate surface area is 146 Å². The molecule has 1 aromatic rings. The molecule has 0 N–H and O–H groups in total. The van der Waals surface area contributed by atoms with E-state index >= 15 is 0 Å². The summed E-state index contributed by atoms with van der Waals surface area (Å²) in [5.74, 6) is -0.220. The standard InChI is InChI=1S/C17H27BFNO2.ClH/c1-7-20(8-2)12-13-11-14(19)9-10-15(13)18-21-16(3,4)17(5,6)22-18;/h9-11H,7-8,12H2,1-6H3;1H. The molecule has 0 aliphatic carbocycles. The Morgan fingerprint density at radius 1 is 1.04 bits per heavy atom. The van der Waals surface area contributed by atoms with Crippen molar-refractivity contribution < 1.29 is 13.7 Å². The van der Waals surface area contributed by atoms with Crippen LogP contribution in [0.3, 0.4) is 0 Å². The first-order chi connectivity index (χ1) is 10.2. The summed E-state index contributed by atoms with van der Waals surface area (Å²) in [6, 6.07) is 4.86. The van der Waals surface area contributed by atoms with Crippen LogP contribution in [0.15, 0.2) is 18.2 Å². The van der Waals surface area contributed by atoms with Crippen LogP contribution in [-0.4, -0.2) is 36.3 Å². The average Bonchev–Trinajstić information content (AvgIpc) is 2.64. The lowest BCUT2D eigenvalue weighted by Gasteiger charge is -2.32. The molecule has 6 heteroatoms. The van der Waals surface area contributed by atoms with E-state index in [-0.39, 0.29) is 18.2 Å². The van der Waals surface area contributed by atoms with Crippen LogP contribution in [0.1, 0.15) is 47.1 Å². The fourth-order valence-corrected chi connectivity index (χ4v) is 2.60. The summed E-state index contributed by atoms with van der Waals surface area (Å²) in [5, 5.41) is 0. The molecular formula is C17H28BClFNO2. The molecule has 23 heavy (non-hydrogen) atoms. The van der Waals surface area contributed by atoms with Crippen molar-refractivity contribution in [2.75, 3.05) is 13.1 Å². The quantitative estimate of drug-likeness (QED) is 0.765. The van der Waals surface area contributed by atoms with E-state index in [0.717, 1.165) is 24.1 Å². The van der Waals surface area contributed by atoms with E-state index in [4.69, 9.17) is 9.31 Å². The highest BCUT2D eigenvalue weighted by molar-refractivity contribution is 6.62. The van der Waals surface area contributed by atoms with Gasteiger partial charge in [-0.15, -0.1) is 12.4 Å². The number of hydrogen-bond donors (Lipinski definition) is 0. The van der Waals surface area contributed by atoms with Crippen molar-refractivity contribution in [3.63, 3.8) is 0 Å². The molecule has 1 aliphatic rings. The zero-order chi connectivity index (χ0) is 16.5. The molecule has 0 bridgehead atoms. The maximum Gasteiger partial charge on any atom is 0.495 e. The van der Waals surface area contributed by atoms with Crippen LogP contribution in [0.5, 0.6) is 0 Å². The SMILES string of the molecule is CCN(CC)Cc1cc(F)ccc1B1OC(C)(C)C(C)(C)O1.Cl. The molecule has 0 spiro atoms. The van der Waals surface area contributed by atoms with Crippen LogP contribution in [-0.2, 0) is 15.9 Å². The molecule has 0 unspecified atom stereocenters. The second-order valence-electron chi connectivity index (χ2n) is 6.89. The van der Waals surface area contributed by atoms with Gasteiger partial charge >= 0.3 is 7.12 Å². The first-order valence-corrected chi connectivity index (χ1v) is 8.06. The van der Waals surface area contributed by atoms with Gasteiger partial charge in [-0.25, -0.2) is 4.39 Å². The maximum atomic E-state index is 13.7. The second kappa shape index (κ2) is 7.52. The molecule has 1 aromatic carbocycles. The van der Waals surface area contributed by atoms with Crippen molar-refractivity contribution in [3.05, 3.63) is 29.6 Å². The lowest BCUT2D eigenvalue weighted by molar-refractivity contribution is 0.00578. The van der Waals surface area contributed by atoms with Gasteiger partial charge in [0.05, 0.1) is 11.2 Å². The summed E-state index contributed by atoms with van der Waals surface area (Å²) >= 11 is 0. The van der Waals surface area contributed by atoms with Gasteiger partial charge in [0, 0.05) is 6.54 Å². The van der Waals surface area contributed by atoms with Gasteiger partial charge in [-0.2, -0.15) is 0 Å². The summed E-state index contributed by atoms with van der Waals surface area (Å²) in [6.07, 6.45) is 0. The largest absolute Gasteiger partial charge is 0.495 e. The Hall–Kier alpha value is -0.615. The molecule has 1 heterocycles. The first-order valence-electron chi connectivity index (χ1n) is 8.06. The third-order valence-corrected chi connectivity index (χ3v) is 4.90. The summed E-state index contributed by atoms with van der Waals surface area (Å²) in [6.45, 7) is 14.9. The van der Waals surface area contributed by atoms with E-state index in [2.05, 4.69) is 18.7 Å². The Kier molecular flexibility index (Phi) is 6.68. The van der Waals surface area contributed by atoms with Crippen LogP contribution in [0.4, 0.5) is 4.39 Å². The Morgan fingerprint density at radius 3 is 2.04 bits per heavy atom.